The number of benzene rings is 2. The summed E-state index contributed by atoms with van der Waals surface area (Å²) in [6.07, 6.45) is 0.531. The quantitative estimate of drug-likeness (QED) is 0.791. The van der Waals surface area contributed by atoms with Crippen LogP contribution < -0.4 is 16.4 Å². The first-order valence-corrected chi connectivity index (χ1v) is 6.84. The molecule has 0 aromatic heterocycles. The van der Waals surface area contributed by atoms with Gasteiger partial charge in [-0.15, -0.1) is 0 Å². The second-order valence-corrected chi connectivity index (χ2v) is 4.82. The zero-order valence-corrected chi connectivity index (χ0v) is 12.1. The lowest BCUT2D eigenvalue weighted by molar-refractivity contribution is 0.0996. The number of urea groups is 1. The van der Waals surface area contributed by atoms with Gasteiger partial charge in [-0.05, 0) is 42.3 Å². The maximum absolute atomic E-state index is 13.3. The Morgan fingerprint density at radius 1 is 1.04 bits per heavy atom. The van der Waals surface area contributed by atoms with Crippen LogP contribution in [-0.2, 0) is 6.42 Å². The molecule has 2 aromatic carbocycles. The fraction of sp³-hybridized carbons (Fsp3) is 0.125. The van der Waals surface area contributed by atoms with E-state index < -0.39 is 17.8 Å². The highest BCUT2D eigenvalue weighted by Crippen LogP contribution is 2.14. The third-order valence-electron chi connectivity index (χ3n) is 3.10. The van der Waals surface area contributed by atoms with Crippen LogP contribution in [0.5, 0.6) is 0 Å². The van der Waals surface area contributed by atoms with Gasteiger partial charge in [0.1, 0.15) is 11.6 Å². The van der Waals surface area contributed by atoms with Gasteiger partial charge in [-0.25, -0.2) is 13.6 Å². The van der Waals surface area contributed by atoms with Crippen molar-refractivity contribution in [1.29, 1.82) is 0 Å². The summed E-state index contributed by atoms with van der Waals surface area (Å²) in [7, 11) is 0. The van der Waals surface area contributed by atoms with Crippen molar-refractivity contribution in [3.63, 3.8) is 0 Å². The van der Waals surface area contributed by atoms with Crippen molar-refractivity contribution in [3.05, 3.63) is 65.2 Å². The summed E-state index contributed by atoms with van der Waals surface area (Å²) in [4.78, 5) is 22.8. The highest BCUT2D eigenvalue weighted by molar-refractivity contribution is 5.96. The van der Waals surface area contributed by atoms with Crippen molar-refractivity contribution >= 4 is 17.6 Å². The molecule has 0 heterocycles. The molecule has 23 heavy (non-hydrogen) atoms. The molecule has 7 heteroatoms. The number of primary amides is 1. The maximum Gasteiger partial charge on any atom is 0.319 e. The SMILES string of the molecule is NC(=O)c1cc(NC(=O)NCCc2ccc(F)cc2)ccc1F. The minimum atomic E-state index is -0.914. The van der Waals surface area contributed by atoms with Gasteiger partial charge in [-0.3, -0.25) is 4.79 Å². The average Bonchev–Trinajstić information content (AvgIpc) is 2.51. The first-order chi connectivity index (χ1) is 11.0. The lowest BCUT2D eigenvalue weighted by atomic mass is 10.1. The standard InChI is InChI=1S/C16H15F2N3O2/c17-11-3-1-10(2-4-11)7-8-20-16(23)21-12-5-6-14(18)13(9-12)15(19)22/h1-6,9H,7-8H2,(H2,19,22)(H2,20,21,23). The van der Waals surface area contributed by atoms with E-state index in [0.29, 0.717) is 13.0 Å². The van der Waals surface area contributed by atoms with E-state index in [2.05, 4.69) is 10.6 Å². The van der Waals surface area contributed by atoms with Crippen LogP contribution in [0.4, 0.5) is 19.3 Å². The van der Waals surface area contributed by atoms with Crippen LogP contribution in [0.15, 0.2) is 42.5 Å². The van der Waals surface area contributed by atoms with Crippen LogP contribution in [-0.4, -0.2) is 18.5 Å². The number of nitrogens with two attached hydrogens (primary N) is 1. The largest absolute Gasteiger partial charge is 0.366 e. The Morgan fingerprint density at radius 2 is 1.74 bits per heavy atom. The molecule has 2 rings (SSSR count). The van der Waals surface area contributed by atoms with Crippen molar-refractivity contribution in [3.8, 4) is 0 Å². The van der Waals surface area contributed by atoms with Gasteiger partial charge < -0.3 is 16.4 Å². The number of nitrogens with one attached hydrogen (secondary N) is 2. The molecule has 0 aliphatic heterocycles. The van der Waals surface area contributed by atoms with Gasteiger partial charge in [0.25, 0.3) is 5.91 Å². The van der Waals surface area contributed by atoms with Crippen molar-refractivity contribution in [2.75, 3.05) is 11.9 Å². The van der Waals surface area contributed by atoms with E-state index in [4.69, 9.17) is 5.73 Å². The molecule has 0 fully saturated rings. The monoisotopic (exact) mass is 319 g/mol. The van der Waals surface area contributed by atoms with Crippen LogP contribution >= 0.6 is 0 Å². The van der Waals surface area contributed by atoms with Crippen LogP contribution in [0, 0.1) is 11.6 Å². The molecular formula is C16H15F2N3O2. The molecule has 4 N–H and O–H groups in total. The lowest BCUT2D eigenvalue weighted by Crippen LogP contribution is -2.30. The summed E-state index contributed by atoms with van der Waals surface area (Å²) in [5.41, 5.74) is 5.87. The summed E-state index contributed by atoms with van der Waals surface area (Å²) in [6.45, 7) is 0.335. The molecule has 5 nitrogen and oxygen atoms in total. The molecule has 120 valence electrons. The number of rotatable bonds is 5. The number of anilines is 1. The van der Waals surface area contributed by atoms with E-state index in [1.54, 1.807) is 12.1 Å². The summed E-state index contributed by atoms with van der Waals surface area (Å²) in [5, 5.41) is 5.08. The van der Waals surface area contributed by atoms with Crippen molar-refractivity contribution in [1.82, 2.24) is 5.32 Å². The van der Waals surface area contributed by atoms with Gasteiger partial charge in [0.2, 0.25) is 0 Å². The van der Waals surface area contributed by atoms with E-state index in [1.165, 1.54) is 18.2 Å². The number of hydrogen-bond donors (Lipinski definition) is 3. The van der Waals surface area contributed by atoms with Crippen LogP contribution in [0.2, 0.25) is 0 Å². The molecule has 0 radical (unpaired) electrons. The normalized spacial score (nSPS) is 10.2. The van der Waals surface area contributed by atoms with E-state index in [-0.39, 0.29) is 17.1 Å². The smallest absolute Gasteiger partial charge is 0.319 e. The number of hydrogen-bond acceptors (Lipinski definition) is 2. The van der Waals surface area contributed by atoms with Crippen LogP contribution in [0.3, 0.4) is 0 Å². The number of amides is 3. The summed E-state index contributed by atoms with van der Waals surface area (Å²) >= 11 is 0. The zero-order chi connectivity index (χ0) is 16.8. The molecule has 2 aromatic rings. The van der Waals surface area contributed by atoms with Gasteiger partial charge in [0.15, 0.2) is 0 Å². The van der Waals surface area contributed by atoms with Crippen molar-refractivity contribution in [2.24, 2.45) is 5.73 Å². The number of carbonyl (C=O) groups is 2. The van der Waals surface area contributed by atoms with E-state index in [9.17, 15) is 18.4 Å². The van der Waals surface area contributed by atoms with Gasteiger partial charge >= 0.3 is 6.03 Å². The molecule has 0 unspecified atom stereocenters. The van der Waals surface area contributed by atoms with Gasteiger partial charge in [-0.1, -0.05) is 12.1 Å². The Hall–Kier alpha value is -2.96. The molecule has 0 aliphatic rings. The van der Waals surface area contributed by atoms with Crippen molar-refractivity contribution < 1.29 is 18.4 Å². The predicted octanol–water partition coefficient (Wildman–Crippen LogP) is 2.43. The third kappa shape index (κ3) is 4.77. The van der Waals surface area contributed by atoms with Crippen molar-refractivity contribution in [2.45, 2.75) is 6.42 Å². The Morgan fingerprint density at radius 3 is 2.39 bits per heavy atom. The Kier molecular flexibility index (Phi) is 5.24. The molecule has 0 spiro atoms. The number of halogens is 2. The lowest BCUT2D eigenvalue weighted by Gasteiger charge is -2.09. The number of carbonyl (C=O) groups excluding carboxylic acids is 2. The summed E-state index contributed by atoms with van der Waals surface area (Å²) in [5.74, 6) is -1.98. The summed E-state index contributed by atoms with van der Waals surface area (Å²) in [6, 6.07) is 8.99. The second-order valence-electron chi connectivity index (χ2n) is 4.82. The van der Waals surface area contributed by atoms with Crippen LogP contribution in [0.1, 0.15) is 15.9 Å². The third-order valence-corrected chi connectivity index (χ3v) is 3.10. The molecule has 0 saturated heterocycles. The second kappa shape index (κ2) is 7.35. The molecule has 0 saturated carbocycles. The van der Waals surface area contributed by atoms with Gasteiger partial charge in [0, 0.05) is 12.2 Å². The Bertz CT molecular complexity index is 718. The zero-order valence-electron chi connectivity index (χ0n) is 12.1. The van der Waals surface area contributed by atoms with Gasteiger partial charge in [-0.2, -0.15) is 0 Å². The Balaban J connectivity index is 1.86. The van der Waals surface area contributed by atoms with E-state index in [0.717, 1.165) is 17.7 Å². The predicted molar refractivity (Wildman–Crippen MR) is 82.0 cm³/mol. The average molecular weight is 319 g/mol. The fourth-order valence-corrected chi connectivity index (χ4v) is 1.94. The van der Waals surface area contributed by atoms with E-state index in [1.807, 2.05) is 0 Å². The van der Waals surface area contributed by atoms with E-state index >= 15 is 0 Å². The minimum Gasteiger partial charge on any atom is -0.366 e. The maximum atomic E-state index is 13.3. The first kappa shape index (κ1) is 16.4. The topological polar surface area (TPSA) is 84.2 Å². The fourth-order valence-electron chi connectivity index (χ4n) is 1.94. The highest BCUT2D eigenvalue weighted by Gasteiger charge is 2.10. The van der Waals surface area contributed by atoms with Gasteiger partial charge in [0.05, 0.1) is 5.56 Å². The highest BCUT2D eigenvalue weighted by atomic mass is 19.1. The Labute approximate surface area is 131 Å². The summed E-state index contributed by atoms with van der Waals surface area (Å²) < 4.78 is 26.1. The molecule has 0 aliphatic carbocycles. The molecular weight excluding hydrogens is 304 g/mol. The minimum absolute atomic E-state index is 0.250. The molecule has 3 amide bonds. The molecule has 0 atom stereocenters. The first-order valence-electron chi connectivity index (χ1n) is 6.84. The van der Waals surface area contributed by atoms with Crippen LogP contribution in [0.25, 0.3) is 0 Å². The molecule has 0 bridgehead atoms.